The highest BCUT2D eigenvalue weighted by molar-refractivity contribution is 7.20. The zero-order valence-corrected chi connectivity index (χ0v) is 25.2. The van der Waals surface area contributed by atoms with Crippen LogP contribution in [-0.2, 0) is 17.8 Å². The number of urea groups is 1. The second-order valence-electron chi connectivity index (χ2n) is 8.95. The third-order valence-electron chi connectivity index (χ3n) is 6.34. The first-order chi connectivity index (χ1) is 18.9. The highest BCUT2D eigenvalue weighted by Crippen LogP contribution is 2.27. The molecule has 1 saturated heterocycles. The normalized spacial score (nSPS) is 15.7. The summed E-state index contributed by atoms with van der Waals surface area (Å²) >= 11 is 7.22. The molecule has 0 aliphatic carbocycles. The van der Waals surface area contributed by atoms with Crippen molar-refractivity contribution < 1.29 is 9.59 Å². The summed E-state index contributed by atoms with van der Waals surface area (Å²) in [6.07, 6.45) is 8.45. The van der Waals surface area contributed by atoms with E-state index in [0.29, 0.717) is 17.3 Å². The number of nitrogens with one attached hydrogen (secondary N) is 2. The van der Waals surface area contributed by atoms with Gasteiger partial charge in [0, 0.05) is 44.1 Å². The Balaban J connectivity index is 0.000000258. The van der Waals surface area contributed by atoms with Crippen molar-refractivity contribution in [3.8, 4) is 0 Å². The van der Waals surface area contributed by atoms with Gasteiger partial charge in [0.25, 0.3) is 0 Å². The van der Waals surface area contributed by atoms with E-state index in [1.165, 1.54) is 22.5 Å². The van der Waals surface area contributed by atoms with Crippen LogP contribution in [0.25, 0.3) is 0 Å². The Labute approximate surface area is 242 Å². The second kappa shape index (κ2) is 17.5. The molecule has 39 heavy (non-hydrogen) atoms. The van der Waals surface area contributed by atoms with E-state index >= 15 is 0 Å². The Hall–Kier alpha value is -3.07. The number of carbonyl (C=O) groups is 2. The third kappa shape index (κ3) is 10.9. The van der Waals surface area contributed by atoms with Crippen LogP contribution in [0.1, 0.15) is 38.3 Å². The SMILES string of the molecule is C=C(/C=C\C(=C/C)NC=O)N1CCCN(C)CC1.CC.O=C(Nc1ccc(Cl)s1)N1CCc2ccccc2C1. The first-order valence-electron chi connectivity index (χ1n) is 13.4. The lowest BCUT2D eigenvalue weighted by molar-refractivity contribution is -0.108. The monoisotopic (exact) mass is 571 g/mol. The molecule has 0 spiro atoms. The molecular formula is C30H42ClN5O2S. The molecule has 0 radical (unpaired) electrons. The molecule has 0 atom stereocenters. The molecule has 1 aromatic carbocycles. The Bertz CT molecular complexity index is 1130. The van der Waals surface area contributed by atoms with Crippen LogP contribution in [0.4, 0.5) is 9.80 Å². The number of allylic oxidation sites excluding steroid dienone is 3. The summed E-state index contributed by atoms with van der Waals surface area (Å²) in [5.74, 6) is 0. The number of rotatable bonds is 6. The Morgan fingerprint density at radius 3 is 2.41 bits per heavy atom. The van der Waals surface area contributed by atoms with Gasteiger partial charge in [0.2, 0.25) is 6.41 Å². The summed E-state index contributed by atoms with van der Waals surface area (Å²) in [5.41, 5.74) is 4.36. The summed E-state index contributed by atoms with van der Waals surface area (Å²) in [7, 11) is 2.15. The summed E-state index contributed by atoms with van der Waals surface area (Å²) in [5, 5.41) is 6.31. The van der Waals surface area contributed by atoms with Crippen LogP contribution < -0.4 is 10.6 Å². The van der Waals surface area contributed by atoms with E-state index in [-0.39, 0.29) is 6.03 Å². The maximum absolute atomic E-state index is 12.2. The number of hydrogen-bond acceptors (Lipinski definition) is 5. The van der Waals surface area contributed by atoms with Crippen molar-refractivity contribution in [2.75, 3.05) is 45.1 Å². The largest absolute Gasteiger partial charge is 0.371 e. The molecule has 2 aromatic rings. The summed E-state index contributed by atoms with van der Waals surface area (Å²) < 4.78 is 0.680. The molecule has 0 saturated carbocycles. The van der Waals surface area contributed by atoms with Crippen molar-refractivity contribution in [3.05, 3.63) is 88.1 Å². The molecule has 212 valence electrons. The lowest BCUT2D eigenvalue weighted by Gasteiger charge is -2.28. The number of nitrogens with zero attached hydrogens (tertiary/aromatic N) is 3. The van der Waals surface area contributed by atoms with E-state index in [9.17, 15) is 9.59 Å². The highest BCUT2D eigenvalue weighted by Gasteiger charge is 2.20. The van der Waals surface area contributed by atoms with Crippen LogP contribution in [0.15, 0.2) is 72.6 Å². The summed E-state index contributed by atoms with van der Waals surface area (Å²) in [4.78, 5) is 29.0. The maximum atomic E-state index is 12.2. The number of fused-ring (bicyclic) bond motifs is 1. The van der Waals surface area contributed by atoms with E-state index in [0.717, 1.165) is 62.0 Å². The van der Waals surface area contributed by atoms with Crippen LogP contribution in [0.3, 0.4) is 0 Å². The fourth-order valence-corrected chi connectivity index (χ4v) is 5.09. The molecule has 2 aliphatic rings. The minimum absolute atomic E-state index is 0.0620. The van der Waals surface area contributed by atoms with E-state index in [2.05, 4.69) is 46.2 Å². The van der Waals surface area contributed by atoms with Gasteiger partial charge in [0.15, 0.2) is 0 Å². The summed E-state index contributed by atoms with van der Waals surface area (Å²) in [6.45, 7) is 15.6. The minimum atomic E-state index is -0.0620. The van der Waals surface area contributed by atoms with Gasteiger partial charge in [-0.3, -0.25) is 10.1 Å². The van der Waals surface area contributed by atoms with Gasteiger partial charge in [-0.1, -0.05) is 62.4 Å². The van der Waals surface area contributed by atoms with E-state index < -0.39 is 0 Å². The molecule has 2 aliphatic heterocycles. The number of benzene rings is 1. The number of amides is 3. The fourth-order valence-electron chi connectivity index (χ4n) is 4.16. The standard InChI is InChI=1S/C14H13ClN2OS.C14H23N3O.C2H6/c15-12-5-6-13(19-12)16-14(18)17-8-7-10-3-1-2-4-11(10)9-17;1-4-14(15-12-18)7-6-13(2)17-9-5-8-16(3)10-11-17;1-2/h1-6H,7-9H2,(H,16,18);4,6-7,12H,2,5,8-11H2,1,3H3,(H,15,18);1-2H3/b;7-6-,14-4+;. The van der Waals surface area contributed by atoms with Gasteiger partial charge in [0.1, 0.15) is 0 Å². The molecule has 3 amide bonds. The summed E-state index contributed by atoms with van der Waals surface area (Å²) in [6, 6.07) is 11.8. The van der Waals surface area contributed by atoms with Crippen molar-refractivity contribution in [2.45, 2.75) is 40.2 Å². The second-order valence-corrected chi connectivity index (χ2v) is 10.7. The Morgan fingerprint density at radius 2 is 1.74 bits per heavy atom. The zero-order chi connectivity index (χ0) is 28.6. The number of hydrogen-bond donors (Lipinski definition) is 2. The van der Waals surface area contributed by atoms with Crippen molar-refractivity contribution in [3.63, 3.8) is 0 Å². The highest BCUT2D eigenvalue weighted by atomic mass is 35.5. The number of thiophene rings is 1. The van der Waals surface area contributed by atoms with E-state index in [4.69, 9.17) is 11.6 Å². The number of anilines is 1. The van der Waals surface area contributed by atoms with Crippen LogP contribution in [-0.4, -0.2) is 66.9 Å². The van der Waals surface area contributed by atoms with Crippen molar-refractivity contribution in [1.82, 2.24) is 20.0 Å². The van der Waals surface area contributed by atoms with Crippen molar-refractivity contribution >= 4 is 40.4 Å². The van der Waals surface area contributed by atoms with Gasteiger partial charge in [-0.2, -0.15) is 0 Å². The predicted molar refractivity (Wildman–Crippen MR) is 165 cm³/mol. The fraction of sp³-hybridized carbons (Fsp3) is 0.400. The Morgan fingerprint density at radius 1 is 1.00 bits per heavy atom. The van der Waals surface area contributed by atoms with Crippen LogP contribution in [0, 0.1) is 0 Å². The quantitative estimate of drug-likeness (QED) is 0.313. The lowest BCUT2D eigenvalue weighted by Crippen LogP contribution is -2.38. The molecule has 1 aromatic heterocycles. The van der Waals surface area contributed by atoms with Gasteiger partial charge in [-0.05, 0) is 68.8 Å². The van der Waals surface area contributed by atoms with Gasteiger partial charge in [0.05, 0.1) is 9.34 Å². The van der Waals surface area contributed by atoms with E-state index in [1.54, 1.807) is 6.07 Å². The van der Waals surface area contributed by atoms with Gasteiger partial charge < -0.3 is 20.0 Å². The average molecular weight is 572 g/mol. The Kier molecular flexibility index (Phi) is 14.4. The van der Waals surface area contributed by atoms with E-state index in [1.807, 2.05) is 62.1 Å². The van der Waals surface area contributed by atoms with Crippen LogP contribution >= 0.6 is 22.9 Å². The first kappa shape index (κ1) is 32.1. The van der Waals surface area contributed by atoms with Gasteiger partial charge in [-0.15, -0.1) is 11.3 Å². The number of likely N-dealkylation sites (N-methyl/N-ethyl adjacent to an activating group) is 1. The minimum Gasteiger partial charge on any atom is -0.371 e. The lowest BCUT2D eigenvalue weighted by atomic mass is 10.0. The van der Waals surface area contributed by atoms with Crippen LogP contribution in [0.2, 0.25) is 4.34 Å². The molecule has 9 heteroatoms. The molecule has 0 bridgehead atoms. The third-order valence-corrected chi connectivity index (χ3v) is 7.49. The average Bonchev–Trinajstić information content (AvgIpc) is 3.24. The predicted octanol–water partition coefficient (Wildman–Crippen LogP) is 6.36. The zero-order valence-electron chi connectivity index (χ0n) is 23.6. The number of carbonyl (C=O) groups excluding carboxylic acids is 2. The van der Waals surface area contributed by atoms with Crippen LogP contribution in [0.5, 0.6) is 0 Å². The molecular weight excluding hydrogens is 530 g/mol. The van der Waals surface area contributed by atoms with Crippen molar-refractivity contribution in [2.24, 2.45) is 0 Å². The molecule has 2 N–H and O–H groups in total. The smallest absolute Gasteiger partial charge is 0.322 e. The molecule has 4 rings (SSSR count). The first-order valence-corrected chi connectivity index (χ1v) is 14.6. The van der Waals surface area contributed by atoms with Gasteiger partial charge >= 0.3 is 6.03 Å². The van der Waals surface area contributed by atoms with Crippen molar-refractivity contribution in [1.29, 1.82) is 0 Å². The molecule has 3 heterocycles. The molecule has 7 nitrogen and oxygen atoms in total. The van der Waals surface area contributed by atoms with Gasteiger partial charge in [-0.25, -0.2) is 4.79 Å². The number of halogens is 1. The topological polar surface area (TPSA) is 67.9 Å². The maximum Gasteiger partial charge on any atom is 0.322 e. The molecule has 0 unspecified atom stereocenters. The molecule has 1 fully saturated rings.